The van der Waals surface area contributed by atoms with Gasteiger partial charge < -0.3 is 14.9 Å². The fourth-order valence-corrected chi connectivity index (χ4v) is 3.46. The number of halogens is 1. The molecule has 2 rings (SSSR count). The van der Waals surface area contributed by atoms with Gasteiger partial charge in [-0.2, -0.15) is 4.98 Å². The van der Waals surface area contributed by atoms with Crippen LogP contribution in [-0.4, -0.2) is 37.3 Å². The molecule has 1 saturated heterocycles. The van der Waals surface area contributed by atoms with Crippen molar-refractivity contribution in [3.05, 3.63) is 22.7 Å². The first kappa shape index (κ1) is 19.1. The maximum absolute atomic E-state index is 13.4. The van der Waals surface area contributed by atoms with Gasteiger partial charge in [-0.15, -0.1) is 0 Å². The van der Waals surface area contributed by atoms with Crippen LogP contribution < -0.4 is 11.4 Å². The van der Waals surface area contributed by atoms with Crippen LogP contribution in [0.15, 0.2) is 17.1 Å². The van der Waals surface area contributed by atoms with Gasteiger partial charge in [0.1, 0.15) is 12.0 Å². The SMILES string of the molecule is CC(C)(C)[Si](C)(C)OC[C@H]1OC(n2ccc(N)nc2=O)C[C@@H]1CF. The van der Waals surface area contributed by atoms with Gasteiger partial charge in [-0.3, -0.25) is 8.96 Å². The summed E-state index contributed by atoms with van der Waals surface area (Å²) in [6, 6.07) is 1.54. The molecule has 1 aliphatic rings. The molecule has 1 aromatic rings. The number of anilines is 1. The second-order valence-corrected chi connectivity index (χ2v) is 12.7. The molecule has 8 heteroatoms. The predicted molar refractivity (Wildman–Crippen MR) is 94.1 cm³/mol. The van der Waals surface area contributed by atoms with E-state index in [2.05, 4.69) is 38.8 Å². The van der Waals surface area contributed by atoms with E-state index in [0.29, 0.717) is 13.0 Å². The van der Waals surface area contributed by atoms with Gasteiger partial charge in [0.25, 0.3) is 0 Å². The van der Waals surface area contributed by atoms with Crippen molar-refractivity contribution in [1.82, 2.24) is 9.55 Å². The molecule has 2 N–H and O–H groups in total. The van der Waals surface area contributed by atoms with E-state index in [1.54, 1.807) is 6.20 Å². The minimum Gasteiger partial charge on any atom is -0.414 e. The lowest BCUT2D eigenvalue weighted by Gasteiger charge is -2.37. The second kappa shape index (κ2) is 6.93. The van der Waals surface area contributed by atoms with E-state index < -0.39 is 26.9 Å². The molecule has 24 heavy (non-hydrogen) atoms. The third-order valence-electron chi connectivity index (χ3n) is 5.14. The van der Waals surface area contributed by atoms with Crippen LogP contribution in [0.4, 0.5) is 10.2 Å². The first-order valence-corrected chi connectivity index (χ1v) is 11.2. The van der Waals surface area contributed by atoms with Crippen LogP contribution in [0, 0.1) is 5.92 Å². The Morgan fingerprint density at radius 3 is 2.71 bits per heavy atom. The Balaban J connectivity index is 2.08. The summed E-state index contributed by atoms with van der Waals surface area (Å²) in [5, 5.41) is 0.0774. The van der Waals surface area contributed by atoms with Gasteiger partial charge >= 0.3 is 5.69 Å². The summed E-state index contributed by atoms with van der Waals surface area (Å²) in [7, 11) is -1.93. The molecule has 0 bridgehead atoms. The predicted octanol–water partition coefficient (Wildman–Crippen LogP) is 2.72. The van der Waals surface area contributed by atoms with Gasteiger partial charge in [-0.25, -0.2) is 4.79 Å². The Kier molecular flexibility index (Phi) is 5.51. The Morgan fingerprint density at radius 1 is 1.50 bits per heavy atom. The zero-order chi connectivity index (χ0) is 18.1. The lowest BCUT2D eigenvalue weighted by atomic mass is 10.0. The minimum atomic E-state index is -1.93. The number of nitrogens with two attached hydrogens (primary N) is 1. The van der Waals surface area contributed by atoms with Gasteiger partial charge in [-0.1, -0.05) is 20.8 Å². The molecule has 1 aromatic heterocycles. The molecule has 0 amide bonds. The van der Waals surface area contributed by atoms with Crippen molar-refractivity contribution in [2.45, 2.75) is 57.7 Å². The maximum Gasteiger partial charge on any atom is 0.351 e. The van der Waals surface area contributed by atoms with Crippen molar-refractivity contribution in [2.24, 2.45) is 5.92 Å². The van der Waals surface area contributed by atoms with Crippen molar-refractivity contribution in [3.63, 3.8) is 0 Å². The van der Waals surface area contributed by atoms with E-state index >= 15 is 0 Å². The molecule has 0 spiro atoms. The number of nitrogens with zero attached hydrogens (tertiary/aromatic N) is 2. The molecule has 3 atom stereocenters. The molecule has 1 fully saturated rings. The summed E-state index contributed by atoms with van der Waals surface area (Å²) in [5.41, 5.74) is 5.02. The molecule has 0 aliphatic carbocycles. The molecule has 2 heterocycles. The van der Waals surface area contributed by atoms with Crippen LogP contribution in [-0.2, 0) is 9.16 Å². The first-order valence-electron chi connectivity index (χ1n) is 8.25. The first-order chi connectivity index (χ1) is 11.0. The fraction of sp³-hybridized carbons (Fsp3) is 0.750. The van der Waals surface area contributed by atoms with E-state index in [-0.39, 0.29) is 22.9 Å². The number of rotatable bonds is 5. The van der Waals surface area contributed by atoms with E-state index in [9.17, 15) is 9.18 Å². The maximum atomic E-state index is 13.4. The summed E-state index contributed by atoms with van der Waals surface area (Å²) in [4.78, 5) is 15.6. The molecule has 1 aliphatic heterocycles. The average molecular weight is 358 g/mol. The van der Waals surface area contributed by atoms with Crippen molar-refractivity contribution >= 4 is 14.1 Å². The third-order valence-corrected chi connectivity index (χ3v) is 9.64. The average Bonchev–Trinajstić information content (AvgIpc) is 2.87. The number of ether oxygens (including phenoxy) is 1. The zero-order valence-electron chi connectivity index (χ0n) is 15.1. The normalized spacial score (nSPS) is 25.2. The van der Waals surface area contributed by atoms with Crippen molar-refractivity contribution in [1.29, 1.82) is 0 Å². The van der Waals surface area contributed by atoms with Gasteiger partial charge in [0.2, 0.25) is 0 Å². The summed E-state index contributed by atoms with van der Waals surface area (Å²) >= 11 is 0. The molecule has 1 unspecified atom stereocenters. The lowest BCUT2D eigenvalue weighted by molar-refractivity contribution is -0.0314. The quantitative estimate of drug-likeness (QED) is 0.820. The zero-order valence-corrected chi connectivity index (χ0v) is 16.1. The van der Waals surface area contributed by atoms with Crippen LogP contribution >= 0.6 is 0 Å². The topological polar surface area (TPSA) is 79.4 Å². The lowest BCUT2D eigenvalue weighted by Crippen LogP contribution is -2.43. The fourth-order valence-electron chi connectivity index (χ4n) is 2.45. The van der Waals surface area contributed by atoms with Gasteiger partial charge in [-0.05, 0) is 24.2 Å². The monoisotopic (exact) mass is 357 g/mol. The Labute approximate surface area is 143 Å². The standard InChI is InChI=1S/C16H28FN3O3Si/c1-16(2,3)24(4,5)22-10-12-11(9-17)8-14(23-12)20-7-6-13(18)19-15(20)21/h6-7,11-12,14H,8-10H2,1-5H3,(H2,18,19,21)/t11-,12-,14?/m1/s1. The highest BCUT2D eigenvalue weighted by Crippen LogP contribution is 2.38. The minimum absolute atomic E-state index is 0.0774. The van der Waals surface area contributed by atoms with E-state index in [1.165, 1.54) is 10.6 Å². The van der Waals surface area contributed by atoms with Crippen LogP contribution in [0.5, 0.6) is 0 Å². The number of hydrogen-bond acceptors (Lipinski definition) is 5. The molecular formula is C16H28FN3O3Si. The van der Waals surface area contributed by atoms with E-state index in [0.717, 1.165) is 0 Å². The van der Waals surface area contributed by atoms with Gasteiger partial charge in [0, 0.05) is 18.5 Å². The van der Waals surface area contributed by atoms with Crippen molar-refractivity contribution in [3.8, 4) is 0 Å². The van der Waals surface area contributed by atoms with Crippen LogP contribution in [0.3, 0.4) is 0 Å². The summed E-state index contributed by atoms with van der Waals surface area (Å²) in [5.74, 6) is -0.127. The Bertz CT molecular complexity index is 630. The molecular weight excluding hydrogens is 329 g/mol. The largest absolute Gasteiger partial charge is 0.414 e. The molecule has 0 radical (unpaired) electrons. The number of aromatic nitrogens is 2. The van der Waals surface area contributed by atoms with Gasteiger partial charge in [0.05, 0.1) is 19.4 Å². The highest BCUT2D eigenvalue weighted by Gasteiger charge is 2.41. The van der Waals surface area contributed by atoms with Crippen LogP contribution in [0.1, 0.15) is 33.4 Å². The highest BCUT2D eigenvalue weighted by molar-refractivity contribution is 6.74. The van der Waals surface area contributed by atoms with Gasteiger partial charge in [0.15, 0.2) is 8.32 Å². The molecule has 6 nitrogen and oxygen atoms in total. The van der Waals surface area contributed by atoms with Crippen LogP contribution in [0.25, 0.3) is 0 Å². The Hall–Kier alpha value is -1.25. The summed E-state index contributed by atoms with van der Waals surface area (Å²) in [6.45, 7) is 10.6. The number of nitrogen functional groups attached to an aromatic ring is 1. The summed E-state index contributed by atoms with van der Waals surface area (Å²) < 4.78 is 26.9. The van der Waals surface area contributed by atoms with Crippen molar-refractivity contribution < 1.29 is 13.6 Å². The molecule has 136 valence electrons. The van der Waals surface area contributed by atoms with E-state index in [4.69, 9.17) is 14.9 Å². The Morgan fingerprint density at radius 2 is 2.17 bits per heavy atom. The number of hydrogen-bond donors (Lipinski definition) is 1. The molecule has 0 aromatic carbocycles. The highest BCUT2D eigenvalue weighted by atomic mass is 28.4. The summed E-state index contributed by atoms with van der Waals surface area (Å²) in [6.07, 6.45) is 1.08. The van der Waals surface area contributed by atoms with Crippen LogP contribution in [0.2, 0.25) is 18.1 Å². The molecule has 0 saturated carbocycles. The second-order valence-electron chi connectivity index (χ2n) is 7.89. The van der Waals surface area contributed by atoms with Crippen molar-refractivity contribution in [2.75, 3.05) is 19.0 Å². The smallest absolute Gasteiger partial charge is 0.351 e. The third kappa shape index (κ3) is 4.04. The van der Waals surface area contributed by atoms with E-state index in [1.807, 2.05) is 0 Å². The number of alkyl halides is 1.